The maximum absolute atomic E-state index is 11.9. The molecular formula is C18H19NO5S. The molecule has 0 bridgehead atoms. The molecule has 6 nitrogen and oxygen atoms in total. The first-order chi connectivity index (χ1) is 12.0. The SMILES string of the molecule is COc1ccc(NC(=O)COC(=O)/C=C/c2sccc2C)c(OC)c1. The summed E-state index contributed by atoms with van der Waals surface area (Å²) < 4.78 is 15.2. The van der Waals surface area contributed by atoms with Crippen molar-refractivity contribution < 1.29 is 23.8 Å². The fourth-order valence-electron chi connectivity index (χ4n) is 1.97. The summed E-state index contributed by atoms with van der Waals surface area (Å²) in [6.07, 6.45) is 2.98. The van der Waals surface area contributed by atoms with Gasteiger partial charge in [0.05, 0.1) is 19.9 Å². The molecule has 1 heterocycles. The van der Waals surface area contributed by atoms with E-state index in [9.17, 15) is 9.59 Å². The Morgan fingerprint density at radius 3 is 2.64 bits per heavy atom. The van der Waals surface area contributed by atoms with Crippen LogP contribution in [-0.2, 0) is 14.3 Å². The highest BCUT2D eigenvalue weighted by atomic mass is 32.1. The number of carbonyl (C=O) groups is 2. The lowest BCUT2D eigenvalue weighted by molar-refractivity contribution is -0.142. The molecule has 0 aliphatic rings. The van der Waals surface area contributed by atoms with Gasteiger partial charge in [-0.2, -0.15) is 0 Å². The number of methoxy groups -OCH3 is 2. The zero-order valence-electron chi connectivity index (χ0n) is 14.2. The standard InChI is InChI=1S/C18H19NO5S/c1-12-8-9-25-16(12)6-7-18(21)24-11-17(20)19-14-5-4-13(22-2)10-15(14)23-3/h4-10H,11H2,1-3H3,(H,19,20)/b7-6+. The number of hydrogen-bond acceptors (Lipinski definition) is 6. The van der Waals surface area contributed by atoms with E-state index >= 15 is 0 Å². The molecule has 2 rings (SSSR count). The Hall–Kier alpha value is -2.80. The molecule has 25 heavy (non-hydrogen) atoms. The number of benzene rings is 1. The van der Waals surface area contributed by atoms with Crippen molar-refractivity contribution in [2.75, 3.05) is 26.1 Å². The molecule has 0 aliphatic carbocycles. The molecule has 1 aromatic heterocycles. The van der Waals surface area contributed by atoms with Crippen LogP contribution in [-0.4, -0.2) is 32.7 Å². The molecule has 1 aromatic carbocycles. The predicted octanol–water partition coefficient (Wildman–Crippen LogP) is 3.27. The molecule has 0 fully saturated rings. The topological polar surface area (TPSA) is 73.9 Å². The summed E-state index contributed by atoms with van der Waals surface area (Å²) >= 11 is 1.53. The van der Waals surface area contributed by atoms with Crippen LogP contribution in [0.1, 0.15) is 10.4 Å². The molecule has 0 radical (unpaired) electrons. The normalized spacial score (nSPS) is 10.5. The molecule has 0 saturated heterocycles. The van der Waals surface area contributed by atoms with Crippen LogP contribution in [0.5, 0.6) is 11.5 Å². The summed E-state index contributed by atoms with van der Waals surface area (Å²) in [5, 5.41) is 4.57. The van der Waals surface area contributed by atoms with Crippen molar-refractivity contribution in [1.29, 1.82) is 0 Å². The summed E-state index contributed by atoms with van der Waals surface area (Å²) in [5.74, 6) is 0.0181. The molecule has 0 unspecified atom stereocenters. The van der Waals surface area contributed by atoms with Gasteiger partial charge < -0.3 is 19.5 Å². The Bertz CT molecular complexity index is 782. The molecule has 132 valence electrons. The number of hydrogen-bond donors (Lipinski definition) is 1. The van der Waals surface area contributed by atoms with Gasteiger partial charge in [0.25, 0.3) is 5.91 Å². The summed E-state index contributed by atoms with van der Waals surface area (Å²) in [6.45, 7) is 1.57. The molecule has 7 heteroatoms. The monoisotopic (exact) mass is 361 g/mol. The van der Waals surface area contributed by atoms with Crippen LogP contribution in [0.4, 0.5) is 5.69 Å². The van der Waals surface area contributed by atoms with Gasteiger partial charge in [-0.25, -0.2) is 4.79 Å². The quantitative estimate of drug-likeness (QED) is 0.605. The predicted molar refractivity (Wildman–Crippen MR) is 97.2 cm³/mol. The second-order valence-electron chi connectivity index (χ2n) is 5.02. The van der Waals surface area contributed by atoms with E-state index in [4.69, 9.17) is 14.2 Å². The minimum Gasteiger partial charge on any atom is -0.497 e. The van der Waals surface area contributed by atoms with Crippen molar-refractivity contribution >= 4 is 35.0 Å². The third-order valence-electron chi connectivity index (χ3n) is 3.30. The Kier molecular flexibility index (Phi) is 6.59. The number of ether oxygens (including phenoxy) is 3. The van der Waals surface area contributed by atoms with Gasteiger partial charge in [-0.1, -0.05) is 0 Å². The Morgan fingerprint density at radius 2 is 2.00 bits per heavy atom. The highest BCUT2D eigenvalue weighted by Crippen LogP contribution is 2.28. The van der Waals surface area contributed by atoms with E-state index in [1.54, 1.807) is 24.3 Å². The first-order valence-corrected chi connectivity index (χ1v) is 8.32. The Morgan fingerprint density at radius 1 is 1.20 bits per heavy atom. The van der Waals surface area contributed by atoms with Crippen LogP contribution < -0.4 is 14.8 Å². The van der Waals surface area contributed by atoms with Crippen molar-refractivity contribution in [3.8, 4) is 11.5 Å². The second kappa shape index (κ2) is 8.89. The van der Waals surface area contributed by atoms with Gasteiger partial charge in [0.2, 0.25) is 0 Å². The van der Waals surface area contributed by atoms with Crippen LogP contribution in [0.25, 0.3) is 6.08 Å². The van der Waals surface area contributed by atoms with Crippen LogP contribution in [0.3, 0.4) is 0 Å². The van der Waals surface area contributed by atoms with Crippen LogP contribution in [0.2, 0.25) is 0 Å². The number of nitrogens with one attached hydrogen (secondary N) is 1. The Labute approximate surface area is 150 Å². The zero-order chi connectivity index (χ0) is 18.2. The number of carbonyl (C=O) groups excluding carboxylic acids is 2. The lowest BCUT2D eigenvalue weighted by Gasteiger charge is -2.11. The molecule has 0 atom stereocenters. The minimum absolute atomic E-state index is 0.387. The van der Waals surface area contributed by atoms with Crippen LogP contribution in [0.15, 0.2) is 35.7 Å². The van der Waals surface area contributed by atoms with Crippen molar-refractivity contribution in [2.24, 2.45) is 0 Å². The van der Waals surface area contributed by atoms with Gasteiger partial charge in [0.1, 0.15) is 11.5 Å². The summed E-state index contributed by atoms with van der Waals surface area (Å²) in [5.41, 5.74) is 1.55. The molecule has 2 aromatic rings. The van der Waals surface area contributed by atoms with Crippen LogP contribution >= 0.6 is 11.3 Å². The second-order valence-corrected chi connectivity index (χ2v) is 5.97. The van der Waals surface area contributed by atoms with Gasteiger partial charge in [0, 0.05) is 17.0 Å². The molecule has 0 aliphatic heterocycles. The highest BCUT2D eigenvalue weighted by Gasteiger charge is 2.10. The Balaban J connectivity index is 1.87. The van der Waals surface area contributed by atoms with Gasteiger partial charge in [0.15, 0.2) is 6.61 Å². The number of anilines is 1. The highest BCUT2D eigenvalue weighted by molar-refractivity contribution is 7.11. The van der Waals surface area contributed by atoms with E-state index < -0.39 is 11.9 Å². The third-order valence-corrected chi connectivity index (χ3v) is 4.28. The molecular weight excluding hydrogens is 342 g/mol. The van der Waals surface area contributed by atoms with Crippen molar-refractivity contribution in [3.63, 3.8) is 0 Å². The summed E-state index contributed by atoms with van der Waals surface area (Å²) in [4.78, 5) is 24.6. The van der Waals surface area contributed by atoms with Crippen molar-refractivity contribution in [3.05, 3.63) is 46.2 Å². The molecule has 0 spiro atoms. The van der Waals surface area contributed by atoms with Crippen molar-refractivity contribution in [1.82, 2.24) is 0 Å². The maximum Gasteiger partial charge on any atom is 0.331 e. The van der Waals surface area contributed by atoms with Crippen LogP contribution in [0, 0.1) is 6.92 Å². The van der Waals surface area contributed by atoms with E-state index in [2.05, 4.69) is 5.32 Å². The number of thiophene rings is 1. The minimum atomic E-state index is -0.579. The number of rotatable bonds is 7. The molecule has 1 amide bonds. The number of aryl methyl sites for hydroxylation is 1. The van der Waals surface area contributed by atoms with E-state index in [1.807, 2.05) is 18.4 Å². The first kappa shape index (κ1) is 18.5. The maximum atomic E-state index is 11.9. The number of amides is 1. The van der Waals surface area contributed by atoms with E-state index in [-0.39, 0.29) is 6.61 Å². The lowest BCUT2D eigenvalue weighted by atomic mass is 10.2. The third kappa shape index (κ3) is 5.36. The average Bonchev–Trinajstić information content (AvgIpc) is 3.03. The van der Waals surface area contributed by atoms with Gasteiger partial charge in [-0.3, -0.25) is 4.79 Å². The van der Waals surface area contributed by atoms with Gasteiger partial charge in [-0.05, 0) is 42.1 Å². The van der Waals surface area contributed by atoms with E-state index in [0.29, 0.717) is 17.2 Å². The molecule has 0 saturated carbocycles. The largest absolute Gasteiger partial charge is 0.497 e. The number of esters is 1. The van der Waals surface area contributed by atoms with Gasteiger partial charge >= 0.3 is 5.97 Å². The average molecular weight is 361 g/mol. The lowest BCUT2D eigenvalue weighted by Crippen LogP contribution is -2.20. The van der Waals surface area contributed by atoms with E-state index in [1.165, 1.54) is 31.6 Å². The van der Waals surface area contributed by atoms with Crippen molar-refractivity contribution in [2.45, 2.75) is 6.92 Å². The zero-order valence-corrected chi connectivity index (χ0v) is 15.0. The fourth-order valence-corrected chi connectivity index (χ4v) is 2.79. The summed E-state index contributed by atoms with van der Waals surface area (Å²) in [7, 11) is 3.03. The smallest absolute Gasteiger partial charge is 0.331 e. The fraction of sp³-hybridized carbons (Fsp3) is 0.222. The summed E-state index contributed by atoms with van der Waals surface area (Å²) in [6, 6.07) is 6.95. The van der Waals surface area contributed by atoms with E-state index in [0.717, 1.165) is 10.4 Å². The van der Waals surface area contributed by atoms with Gasteiger partial charge in [-0.15, -0.1) is 11.3 Å². The molecule has 1 N–H and O–H groups in total. The first-order valence-electron chi connectivity index (χ1n) is 7.44.